The minimum Gasteiger partial charge on any atom is -0.377 e. The molecule has 0 amide bonds. The first kappa shape index (κ1) is 23.0. The van der Waals surface area contributed by atoms with Crippen molar-refractivity contribution >= 4 is 40.3 Å². The molecule has 9 nitrogen and oxygen atoms in total. The van der Waals surface area contributed by atoms with Crippen LogP contribution < -0.4 is 10.5 Å². The lowest BCUT2D eigenvalue weighted by Crippen LogP contribution is -2.44. The fraction of sp³-hybridized carbons (Fsp3) is 0.684. The lowest BCUT2D eigenvalue weighted by Gasteiger charge is -2.34. The zero-order valence-electron chi connectivity index (χ0n) is 18.7. The number of hydrogen-bond donors (Lipinski definition) is 1. The van der Waals surface area contributed by atoms with Gasteiger partial charge in [0.15, 0.2) is 5.65 Å². The number of pyridine rings is 1. The van der Waals surface area contributed by atoms with E-state index in [0.29, 0.717) is 48.9 Å². The Kier molecular flexibility index (Phi) is 6.75. The summed E-state index contributed by atoms with van der Waals surface area (Å²) in [5.41, 5.74) is 0.549. The van der Waals surface area contributed by atoms with Crippen molar-refractivity contribution in [1.82, 2.24) is 14.8 Å². The van der Waals surface area contributed by atoms with E-state index in [4.69, 9.17) is 14.5 Å². The number of hydrogen-bond acceptors (Lipinski definition) is 7. The largest absolute Gasteiger partial charge is 0.377 e. The number of aromatic amines is 1. The summed E-state index contributed by atoms with van der Waals surface area (Å²) in [6.45, 7) is 11.7. The van der Waals surface area contributed by atoms with E-state index in [2.05, 4.69) is 40.9 Å². The lowest BCUT2D eigenvalue weighted by molar-refractivity contribution is 0.0809. The van der Waals surface area contributed by atoms with E-state index in [1.54, 1.807) is 23.3 Å². The van der Waals surface area contributed by atoms with Crippen LogP contribution in [0.2, 0.25) is 25.7 Å². The molecule has 11 heteroatoms. The van der Waals surface area contributed by atoms with E-state index < -0.39 is 17.8 Å². The van der Waals surface area contributed by atoms with Crippen LogP contribution >= 0.6 is 0 Å². The first-order valence-corrected chi connectivity index (χ1v) is 16.2. The van der Waals surface area contributed by atoms with Gasteiger partial charge in [-0.15, -0.1) is 0 Å². The monoisotopic (exact) mass is 455 g/mol. The molecule has 0 bridgehead atoms. The van der Waals surface area contributed by atoms with Gasteiger partial charge in [0.1, 0.15) is 17.9 Å². The second kappa shape index (κ2) is 8.81. The second-order valence-electron chi connectivity index (χ2n) is 9.31. The Morgan fingerprint density at radius 3 is 2.77 bits per heavy atom. The van der Waals surface area contributed by atoms with Gasteiger partial charge in [0.05, 0.1) is 24.9 Å². The van der Waals surface area contributed by atoms with E-state index in [9.17, 15) is 9.00 Å². The SMILES string of the molecule is C[C@@H]1COCCN1c1cc(N=S(C)(C)=O)c2c(=O)[nH]n(COCC[Si](C)(C)C)c2n1. The maximum Gasteiger partial charge on any atom is 0.275 e. The van der Waals surface area contributed by atoms with E-state index >= 15 is 0 Å². The predicted octanol–water partition coefficient (Wildman–Crippen LogP) is 2.62. The number of ether oxygens (including phenoxy) is 2. The van der Waals surface area contributed by atoms with Crippen LogP contribution in [0.25, 0.3) is 11.0 Å². The Morgan fingerprint density at radius 1 is 1.40 bits per heavy atom. The first-order valence-electron chi connectivity index (χ1n) is 10.2. The molecule has 2 aromatic heterocycles. The molecule has 3 rings (SSSR count). The molecule has 3 heterocycles. The molecule has 2 aromatic rings. The summed E-state index contributed by atoms with van der Waals surface area (Å²) >= 11 is 0. The number of H-pyrrole nitrogens is 1. The van der Waals surface area contributed by atoms with Crippen LogP contribution in [-0.4, -0.2) is 72.0 Å². The molecule has 1 atom stereocenters. The average molecular weight is 456 g/mol. The highest BCUT2D eigenvalue weighted by Gasteiger charge is 2.24. The third-order valence-corrected chi connectivity index (χ3v) is 7.22. The Bertz CT molecular complexity index is 1070. The molecule has 1 N–H and O–H groups in total. The van der Waals surface area contributed by atoms with Crippen molar-refractivity contribution in [2.75, 3.05) is 43.8 Å². The van der Waals surface area contributed by atoms with Crippen molar-refractivity contribution in [1.29, 1.82) is 0 Å². The number of anilines is 1. The summed E-state index contributed by atoms with van der Waals surface area (Å²) in [5.74, 6) is 0.690. The van der Waals surface area contributed by atoms with Crippen molar-refractivity contribution < 1.29 is 13.7 Å². The van der Waals surface area contributed by atoms with Gasteiger partial charge in [-0.25, -0.2) is 13.9 Å². The van der Waals surface area contributed by atoms with Crippen molar-refractivity contribution in [2.45, 2.75) is 45.4 Å². The highest BCUT2D eigenvalue weighted by Crippen LogP contribution is 2.30. The van der Waals surface area contributed by atoms with Gasteiger partial charge in [0, 0.05) is 49.5 Å². The number of morpholine rings is 1. The predicted molar refractivity (Wildman–Crippen MR) is 124 cm³/mol. The first-order chi connectivity index (χ1) is 13.9. The summed E-state index contributed by atoms with van der Waals surface area (Å²) in [7, 11) is -3.67. The topological polar surface area (TPSA) is 102 Å². The van der Waals surface area contributed by atoms with Crippen LogP contribution in [0.3, 0.4) is 0 Å². The Balaban J connectivity index is 2.04. The minimum atomic E-state index is -2.46. The smallest absolute Gasteiger partial charge is 0.275 e. The third kappa shape index (κ3) is 5.71. The Morgan fingerprint density at radius 2 is 2.13 bits per heavy atom. The molecule has 0 aromatic carbocycles. The summed E-state index contributed by atoms with van der Waals surface area (Å²) in [6, 6.07) is 2.92. The van der Waals surface area contributed by atoms with Gasteiger partial charge in [-0.3, -0.25) is 9.89 Å². The molecule has 1 aliphatic rings. The van der Waals surface area contributed by atoms with Crippen LogP contribution in [0.5, 0.6) is 0 Å². The van der Waals surface area contributed by atoms with Crippen LogP contribution in [0.4, 0.5) is 11.5 Å². The van der Waals surface area contributed by atoms with Crippen molar-refractivity contribution in [2.24, 2.45) is 4.36 Å². The Labute approximate surface area is 178 Å². The summed E-state index contributed by atoms with van der Waals surface area (Å²) < 4.78 is 29.8. The normalized spacial score (nSPS) is 18.2. The van der Waals surface area contributed by atoms with Crippen molar-refractivity contribution in [3.8, 4) is 0 Å². The van der Waals surface area contributed by atoms with Crippen LogP contribution in [0.1, 0.15) is 6.92 Å². The van der Waals surface area contributed by atoms with Gasteiger partial charge in [0.25, 0.3) is 5.56 Å². The molecule has 168 valence electrons. The Hall–Kier alpha value is -1.69. The molecule has 0 spiro atoms. The number of rotatable bonds is 7. The second-order valence-corrected chi connectivity index (χ2v) is 17.5. The zero-order valence-corrected chi connectivity index (χ0v) is 20.5. The van der Waals surface area contributed by atoms with E-state index in [1.807, 2.05) is 0 Å². The van der Waals surface area contributed by atoms with E-state index in [-0.39, 0.29) is 18.3 Å². The molecular formula is C19H33N5O4SSi. The van der Waals surface area contributed by atoms with Gasteiger partial charge in [-0.05, 0) is 13.0 Å². The molecule has 30 heavy (non-hydrogen) atoms. The highest BCUT2D eigenvalue weighted by atomic mass is 32.2. The molecule has 0 unspecified atom stereocenters. The molecule has 0 radical (unpaired) electrons. The van der Waals surface area contributed by atoms with E-state index in [0.717, 1.165) is 6.04 Å². The van der Waals surface area contributed by atoms with Crippen LogP contribution in [0.15, 0.2) is 15.2 Å². The summed E-state index contributed by atoms with van der Waals surface area (Å²) in [5, 5.41) is 3.14. The maximum atomic E-state index is 12.7. The third-order valence-electron chi connectivity index (χ3n) is 4.88. The quantitative estimate of drug-likeness (QED) is 0.509. The van der Waals surface area contributed by atoms with Gasteiger partial charge >= 0.3 is 0 Å². The molecule has 1 aliphatic heterocycles. The maximum absolute atomic E-state index is 12.7. The standard InChI is InChI=1S/C19H33N5O4SSi/c1-14-12-27-8-7-23(14)16-11-15(22-29(2,3)26)17-18(20-16)24(21-19(17)25)13-28-9-10-30(4,5)6/h11,14H,7-10,12-13H2,1-6H3,(H,21,25)/t14-/m1/s1. The average Bonchev–Trinajstić information content (AvgIpc) is 2.93. The fourth-order valence-corrected chi connectivity index (χ4v) is 4.68. The molecule has 0 aliphatic carbocycles. The molecule has 1 saturated heterocycles. The number of aromatic nitrogens is 3. The van der Waals surface area contributed by atoms with Crippen molar-refractivity contribution in [3.63, 3.8) is 0 Å². The highest BCUT2D eigenvalue weighted by molar-refractivity contribution is 7.92. The minimum absolute atomic E-state index is 0.135. The number of fused-ring (bicyclic) bond motifs is 1. The van der Waals surface area contributed by atoms with Gasteiger partial charge in [-0.2, -0.15) is 4.36 Å². The van der Waals surface area contributed by atoms with Gasteiger partial charge < -0.3 is 14.4 Å². The van der Waals surface area contributed by atoms with E-state index in [1.165, 1.54) is 0 Å². The number of nitrogens with zero attached hydrogens (tertiary/aromatic N) is 4. The number of nitrogens with one attached hydrogen (secondary N) is 1. The molecule has 1 fully saturated rings. The fourth-order valence-electron chi connectivity index (χ4n) is 3.30. The zero-order chi connectivity index (χ0) is 22.1. The molecule has 0 saturated carbocycles. The van der Waals surface area contributed by atoms with Crippen molar-refractivity contribution in [3.05, 3.63) is 16.4 Å². The molecular weight excluding hydrogens is 422 g/mol. The van der Waals surface area contributed by atoms with Crippen LogP contribution in [0, 0.1) is 0 Å². The summed E-state index contributed by atoms with van der Waals surface area (Å²) in [6.07, 6.45) is 3.11. The van der Waals surface area contributed by atoms with Gasteiger partial charge in [-0.1, -0.05) is 19.6 Å². The lowest BCUT2D eigenvalue weighted by atomic mass is 10.2. The summed E-state index contributed by atoms with van der Waals surface area (Å²) in [4.78, 5) is 19.6. The van der Waals surface area contributed by atoms with Crippen LogP contribution in [-0.2, 0) is 25.9 Å². The van der Waals surface area contributed by atoms with Gasteiger partial charge in [0.2, 0.25) is 0 Å².